The third kappa shape index (κ3) is 1.63. The zero-order chi connectivity index (χ0) is 10.2. The van der Waals surface area contributed by atoms with Crippen LogP contribution in [0.3, 0.4) is 0 Å². The van der Waals surface area contributed by atoms with Crippen molar-refractivity contribution in [3.8, 4) is 0 Å². The largest absolute Gasteiger partial charge is 0.481 e. The van der Waals surface area contributed by atoms with E-state index >= 15 is 0 Å². The van der Waals surface area contributed by atoms with Crippen molar-refractivity contribution >= 4 is 5.97 Å². The van der Waals surface area contributed by atoms with Gasteiger partial charge >= 0.3 is 5.97 Å². The fourth-order valence-electron chi connectivity index (χ4n) is 2.15. The number of carboxylic acids is 1. The summed E-state index contributed by atoms with van der Waals surface area (Å²) in [4.78, 5) is 10.8. The Labute approximate surface area is 81.6 Å². The van der Waals surface area contributed by atoms with Crippen molar-refractivity contribution in [2.45, 2.75) is 31.2 Å². The van der Waals surface area contributed by atoms with E-state index in [1.165, 1.54) is 0 Å². The van der Waals surface area contributed by atoms with Gasteiger partial charge < -0.3 is 19.7 Å². The molecule has 0 aromatic rings. The molecule has 5 heteroatoms. The van der Waals surface area contributed by atoms with Crippen molar-refractivity contribution in [3.63, 3.8) is 0 Å². The van der Waals surface area contributed by atoms with Crippen LogP contribution >= 0.6 is 0 Å². The Morgan fingerprint density at radius 3 is 2.57 bits per heavy atom. The Bertz CT molecular complexity index is 233. The molecule has 80 valence electrons. The molecule has 14 heavy (non-hydrogen) atoms. The Hall–Kier alpha value is -0.650. The average Bonchev–Trinajstić information content (AvgIpc) is 2.58. The number of aliphatic hydroxyl groups excluding tert-OH is 1. The minimum absolute atomic E-state index is 0.253. The van der Waals surface area contributed by atoms with Crippen LogP contribution < -0.4 is 0 Å². The van der Waals surface area contributed by atoms with Crippen LogP contribution in [0.1, 0.15) is 19.3 Å². The molecule has 0 amide bonds. The van der Waals surface area contributed by atoms with E-state index in [1.807, 2.05) is 0 Å². The first-order valence-electron chi connectivity index (χ1n) is 4.82. The van der Waals surface area contributed by atoms with E-state index in [-0.39, 0.29) is 6.42 Å². The molecular weight excluding hydrogens is 188 g/mol. The number of carbonyl (C=O) groups is 1. The van der Waals surface area contributed by atoms with E-state index in [1.54, 1.807) is 0 Å². The molecule has 1 aliphatic carbocycles. The molecule has 1 saturated heterocycles. The highest BCUT2D eigenvalue weighted by atomic mass is 16.7. The maximum atomic E-state index is 10.8. The SMILES string of the molecule is O=C(O)[C@@H]1CC2(CC[C@@H]1O)OCCO2. The lowest BCUT2D eigenvalue weighted by Crippen LogP contribution is -2.45. The third-order valence-corrected chi connectivity index (χ3v) is 2.95. The number of hydrogen-bond donors (Lipinski definition) is 2. The van der Waals surface area contributed by atoms with E-state index < -0.39 is 23.8 Å². The summed E-state index contributed by atoms with van der Waals surface area (Å²) in [5.41, 5.74) is 0. The van der Waals surface area contributed by atoms with E-state index in [0.29, 0.717) is 26.1 Å². The van der Waals surface area contributed by atoms with Gasteiger partial charge in [0.1, 0.15) is 0 Å². The van der Waals surface area contributed by atoms with E-state index in [4.69, 9.17) is 14.6 Å². The van der Waals surface area contributed by atoms with Crippen molar-refractivity contribution in [1.29, 1.82) is 0 Å². The van der Waals surface area contributed by atoms with Crippen molar-refractivity contribution in [2.75, 3.05) is 13.2 Å². The number of ether oxygens (including phenoxy) is 2. The molecule has 0 aromatic heterocycles. The van der Waals surface area contributed by atoms with Gasteiger partial charge in [-0.2, -0.15) is 0 Å². The normalized spacial score (nSPS) is 36.1. The minimum Gasteiger partial charge on any atom is -0.481 e. The zero-order valence-corrected chi connectivity index (χ0v) is 7.81. The highest BCUT2D eigenvalue weighted by Gasteiger charge is 2.47. The second-order valence-corrected chi connectivity index (χ2v) is 3.86. The van der Waals surface area contributed by atoms with Crippen molar-refractivity contribution in [2.24, 2.45) is 5.92 Å². The lowest BCUT2D eigenvalue weighted by atomic mass is 9.82. The summed E-state index contributed by atoms with van der Waals surface area (Å²) < 4.78 is 10.8. The Balaban J connectivity index is 2.08. The van der Waals surface area contributed by atoms with Crippen molar-refractivity contribution < 1.29 is 24.5 Å². The van der Waals surface area contributed by atoms with Crippen LogP contribution in [-0.2, 0) is 14.3 Å². The van der Waals surface area contributed by atoms with Crippen LogP contribution in [0, 0.1) is 5.92 Å². The molecule has 1 heterocycles. The van der Waals surface area contributed by atoms with Gasteiger partial charge in [-0.1, -0.05) is 0 Å². The Morgan fingerprint density at radius 2 is 2.00 bits per heavy atom. The van der Waals surface area contributed by atoms with Crippen LogP contribution in [0.4, 0.5) is 0 Å². The van der Waals surface area contributed by atoms with Crippen molar-refractivity contribution in [3.05, 3.63) is 0 Å². The van der Waals surface area contributed by atoms with Gasteiger partial charge in [0.2, 0.25) is 0 Å². The molecule has 0 unspecified atom stereocenters. The molecule has 0 bridgehead atoms. The third-order valence-electron chi connectivity index (χ3n) is 2.95. The summed E-state index contributed by atoms with van der Waals surface area (Å²) in [6.07, 6.45) is 0.490. The Morgan fingerprint density at radius 1 is 1.36 bits per heavy atom. The van der Waals surface area contributed by atoms with E-state index in [9.17, 15) is 9.90 Å². The van der Waals surface area contributed by atoms with Crippen LogP contribution in [-0.4, -0.2) is 41.3 Å². The molecule has 2 N–H and O–H groups in total. The van der Waals surface area contributed by atoms with Gasteiger partial charge in [-0.25, -0.2) is 0 Å². The quantitative estimate of drug-likeness (QED) is 0.624. The van der Waals surface area contributed by atoms with Crippen LogP contribution in [0.5, 0.6) is 0 Å². The number of hydrogen-bond acceptors (Lipinski definition) is 4. The van der Waals surface area contributed by atoms with E-state index in [0.717, 1.165) is 0 Å². The molecule has 0 aromatic carbocycles. The molecule has 2 aliphatic rings. The monoisotopic (exact) mass is 202 g/mol. The standard InChI is InChI=1S/C9H14O5/c10-7-1-2-9(13-3-4-14-9)5-6(7)8(11)12/h6-7,10H,1-5H2,(H,11,12)/t6-,7+/m1/s1. The number of carboxylic acid groups (broad SMARTS) is 1. The van der Waals surface area contributed by atoms with Gasteiger partial charge in [-0.05, 0) is 6.42 Å². The molecule has 1 aliphatic heterocycles. The predicted octanol–water partition coefficient (Wildman–Crippen LogP) is -0.0249. The van der Waals surface area contributed by atoms with Gasteiger partial charge in [0.25, 0.3) is 0 Å². The van der Waals surface area contributed by atoms with Crippen LogP contribution in [0.15, 0.2) is 0 Å². The molecule has 2 atom stereocenters. The smallest absolute Gasteiger partial charge is 0.309 e. The van der Waals surface area contributed by atoms with E-state index in [2.05, 4.69) is 0 Å². The predicted molar refractivity (Wildman–Crippen MR) is 45.6 cm³/mol. The number of aliphatic hydroxyl groups is 1. The molecule has 2 fully saturated rings. The maximum Gasteiger partial charge on any atom is 0.309 e. The molecule has 2 rings (SSSR count). The first-order chi connectivity index (χ1) is 6.63. The second-order valence-electron chi connectivity index (χ2n) is 3.86. The molecular formula is C9H14O5. The van der Waals surface area contributed by atoms with Crippen LogP contribution in [0.25, 0.3) is 0 Å². The highest BCUT2D eigenvalue weighted by molar-refractivity contribution is 5.71. The van der Waals surface area contributed by atoms with Gasteiger partial charge in [0, 0.05) is 12.8 Å². The summed E-state index contributed by atoms with van der Waals surface area (Å²) in [5, 5.41) is 18.4. The van der Waals surface area contributed by atoms with Gasteiger partial charge in [0.05, 0.1) is 25.2 Å². The molecule has 5 nitrogen and oxygen atoms in total. The molecule has 1 spiro atoms. The topological polar surface area (TPSA) is 76.0 Å². The summed E-state index contributed by atoms with van der Waals surface area (Å²) >= 11 is 0. The fourth-order valence-corrected chi connectivity index (χ4v) is 2.15. The minimum atomic E-state index is -0.976. The molecule has 0 radical (unpaired) electrons. The highest BCUT2D eigenvalue weighted by Crippen LogP contribution is 2.38. The van der Waals surface area contributed by atoms with Gasteiger partial charge in [-0.15, -0.1) is 0 Å². The molecule has 1 saturated carbocycles. The second kappa shape index (κ2) is 3.49. The first kappa shape index (κ1) is 9.89. The average molecular weight is 202 g/mol. The van der Waals surface area contributed by atoms with Gasteiger partial charge in [0.15, 0.2) is 5.79 Å². The number of rotatable bonds is 1. The van der Waals surface area contributed by atoms with Gasteiger partial charge in [-0.3, -0.25) is 4.79 Å². The first-order valence-corrected chi connectivity index (χ1v) is 4.82. The lowest BCUT2D eigenvalue weighted by molar-refractivity contribution is -0.207. The summed E-state index contributed by atoms with van der Waals surface area (Å²) in [6.45, 7) is 1.03. The zero-order valence-electron chi connectivity index (χ0n) is 7.81. The lowest BCUT2D eigenvalue weighted by Gasteiger charge is -2.37. The Kier molecular flexibility index (Phi) is 2.47. The summed E-state index contributed by atoms with van der Waals surface area (Å²) in [6, 6.07) is 0. The summed E-state index contributed by atoms with van der Waals surface area (Å²) in [5.74, 6) is -2.47. The summed E-state index contributed by atoms with van der Waals surface area (Å²) in [7, 11) is 0. The van der Waals surface area contributed by atoms with Crippen molar-refractivity contribution in [1.82, 2.24) is 0 Å². The fraction of sp³-hybridized carbons (Fsp3) is 0.889. The number of aliphatic carboxylic acids is 1. The van der Waals surface area contributed by atoms with Crippen LogP contribution in [0.2, 0.25) is 0 Å². The maximum absolute atomic E-state index is 10.8.